The topological polar surface area (TPSA) is 80.8 Å². The maximum atomic E-state index is 12.2. The molecule has 0 aromatic heterocycles. The zero-order valence-corrected chi connectivity index (χ0v) is 15.6. The number of rotatable bonds is 6. The first-order valence-electron chi connectivity index (χ1n) is 7.61. The molecule has 2 aromatic rings. The Morgan fingerprint density at radius 2 is 1.54 bits per heavy atom. The van der Waals surface area contributed by atoms with Crippen molar-refractivity contribution in [2.45, 2.75) is 11.3 Å². The molecule has 2 amide bonds. The average molecular weight is 414 g/mol. The molecule has 3 rings (SSSR count). The molecule has 2 aromatic carbocycles. The lowest BCUT2D eigenvalue weighted by atomic mass is 10.1. The Morgan fingerprint density at radius 1 is 0.923 bits per heavy atom. The Morgan fingerprint density at radius 3 is 2.12 bits per heavy atom. The van der Waals surface area contributed by atoms with Gasteiger partial charge in [0.25, 0.3) is 21.9 Å². The van der Waals surface area contributed by atoms with E-state index in [1.54, 1.807) is 24.3 Å². The number of carbonyl (C=O) groups excluding carboxylic acids is 2. The molecule has 1 heterocycles. The Hall–Kier alpha value is -1.93. The summed E-state index contributed by atoms with van der Waals surface area (Å²) >= 11 is 11.6. The van der Waals surface area contributed by atoms with Crippen LogP contribution in [0.1, 0.15) is 27.1 Å². The summed E-state index contributed by atoms with van der Waals surface area (Å²) in [6.45, 7) is -0.126. The van der Waals surface area contributed by atoms with Crippen LogP contribution in [0.4, 0.5) is 0 Å². The molecule has 9 heteroatoms. The second kappa shape index (κ2) is 7.36. The summed E-state index contributed by atoms with van der Waals surface area (Å²) in [6.07, 6.45) is 0.173. The summed E-state index contributed by atoms with van der Waals surface area (Å²) in [5.74, 6) is -0.782. The van der Waals surface area contributed by atoms with Crippen molar-refractivity contribution in [3.63, 3.8) is 0 Å². The number of fused-ring (bicyclic) bond motifs is 1. The van der Waals surface area contributed by atoms with Crippen LogP contribution >= 0.6 is 23.2 Å². The summed E-state index contributed by atoms with van der Waals surface area (Å²) < 4.78 is 29.2. The van der Waals surface area contributed by atoms with E-state index in [1.165, 1.54) is 18.2 Å². The van der Waals surface area contributed by atoms with Crippen LogP contribution in [0, 0.1) is 0 Å². The van der Waals surface area contributed by atoms with Crippen LogP contribution in [0.5, 0.6) is 0 Å². The van der Waals surface area contributed by atoms with Gasteiger partial charge in [-0.15, -0.1) is 0 Å². The van der Waals surface area contributed by atoms with Crippen molar-refractivity contribution in [2.24, 2.45) is 0 Å². The fraction of sp³-hybridized carbons (Fsp3) is 0.176. The average Bonchev–Trinajstić information content (AvgIpc) is 2.86. The fourth-order valence-corrected chi connectivity index (χ4v) is 3.87. The van der Waals surface area contributed by atoms with E-state index in [1.807, 2.05) is 0 Å². The summed E-state index contributed by atoms with van der Waals surface area (Å²) in [5.41, 5.74) is 0.698. The van der Waals surface area contributed by atoms with Crippen LogP contribution in [0.2, 0.25) is 10.0 Å². The van der Waals surface area contributed by atoms with Crippen molar-refractivity contribution in [2.75, 3.05) is 13.2 Å². The molecule has 1 aliphatic heterocycles. The molecule has 1 aliphatic rings. The van der Waals surface area contributed by atoms with Crippen molar-refractivity contribution in [1.82, 2.24) is 4.90 Å². The monoisotopic (exact) mass is 413 g/mol. The Bertz CT molecular complexity index is 955. The molecule has 136 valence electrons. The van der Waals surface area contributed by atoms with Gasteiger partial charge in [0, 0.05) is 6.54 Å². The summed E-state index contributed by atoms with van der Waals surface area (Å²) in [4.78, 5) is 25.4. The highest BCUT2D eigenvalue weighted by Crippen LogP contribution is 2.26. The number of hydrogen-bond acceptors (Lipinski definition) is 5. The molecule has 0 fully saturated rings. The van der Waals surface area contributed by atoms with Crippen LogP contribution in [0.3, 0.4) is 0 Å². The second-order valence-electron chi connectivity index (χ2n) is 5.51. The minimum atomic E-state index is -4.01. The maximum absolute atomic E-state index is 12.2. The summed E-state index contributed by atoms with van der Waals surface area (Å²) in [6, 6.07) is 10.4. The van der Waals surface area contributed by atoms with Gasteiger partial charge < -0.3 is 0 Å². The van der Waals surface area contributed by atoms with Crippen molar-refractivity contribution < 1.29 is 22.2 Å². The van der Waals surface area contributed by atoms with Gasteiger partial charge in [-0.2, -0.15) is 8.42 Å². The first kappa shape index (κ1) is 18.8. The van der Waals surface area contributed by atoms with E-state index in [2.05, 4.69) is 0 Å². The second-order valence-corrected chi connectivity index (χ2v) is 7.94. The Kier molecular flexibility index (Phi) is 5.34. The van der Waals surface area contributed by atoms with Gasteiger partial charge in [-0.05, 0) is 36.8 Å². The minimum Gasteiger partial charge on any atom is -0.274 e. The molecule has 0 spiro atoms. The quantitative estimate of drug-likeness (QED) is 0.411. The third-order valence-corrected chi connectivity index (χ3v) is 5.87. The highest BCUT2D eigenvalue weighted by atomic mass is 35.5. The number of benzene rings is 2. The molecular weight excluding hydrogens is 401 g/mol. The lowest BCUT2D eigenvalue weighted by molar-refractivity contribution is 0.0647. The lowest BCUT2D eigenvalue weighted by Gasteiger charge is -2.13. The zero-order valence-electron chi connectivity index (χ0n) is 13.3. The molecule has 0 unspecified atom stereocenters. The van der Waals surface area contributed by atoms with Gasteiger partial charge in [-0.1, -0.05) is 35.3 Å². The maximum Gasteiger partial charge on any atom is 0.297 e. The molecule has 0 saturated heterocycles. The Balaban J connectivity index is 1.58. The lowest BCUT2D eigenvalue weighted by Crippen LogP contribution is -2.31. The molecule has 26 heavy (non-hydrogen) atoms. The standard InChI is InChI=1S/C17H13Cl2NO5S/c18-14-7-6-11(10-15(14)19)26(23,24)25-9-3-8-20-16(21)12-4-1-2-5-13(12)17(20)22/h1-2,4-7,10H,3,8-9H2. The van der Waals surface area contributed by atoms with Gasteiger partial charge in [-0.3, -0.25) is 18.7 Å². The van der Waals surface area contributed by atoms with E-state index in [0.717, 1.165) is 4.90 Å². The van der Waals surface area contributed by atoms with Gasteiger partial charge in [0.05, 0.1) is 32.7 Å². The van der Waals surface area contributed by atoms with Gasteiger partial charge >= 0.3 is 0 Å². The molecule has 0 radical (unpaired) electrons. The fourth-order valence-electron chi connectivity index (χ4n) is 2.53. The van der Waals surface area contributed by atoms with Crippen LogP contribution in [-0.2, 0) is 14.3 Å². The predicted molar refractivity (Wildman–Crippen MR) is 96.0 cm³/mol. The third-order valence-electron chi connectivity index (χ3n) is 3.82. The highest BCUT2D eigenvalue weighted by molar-refractivity contribution is 7.86. The normalized spacial score (nSPS) is 14.0. The van der Waals surface area contributed by atoms with Crippen molar-refractivity contribution >= 4 is 45.1 Å². The van der Waals surface area contributed by atoms with Gasteiger partial charge in [0.2, 0.25) is 0 Å². The molecule has 0 atom stereocenters. The van der Waals surface area contributed by atoms with E-state index in [9.17, 15) is 18.0 Å². The molecule has 0 aliphatic carbocycles. The smallest absolute Gasteiger partial charge is 0.274 e. The van der Waals surface area contributed by atoms with Gasteiger partial charge in [-0.25, -0.2) is 0 Å². The first-order valence-corrected chi connectivity index (χ1v) is 9.77. The SMILES string of the molecule is O=C1c2ccccc2C(=O)N1CCCOS(=O)(=O)c1ccc(Cl)c(Cl)c1. The summed E-state index contributed by atoms with van der Waals surface area (Å²) in [5, 5.41) is 0.332. The van der Waals surface area contributed by atoms with Crippen LogP contribution in [0.15, 0.2) is 47.4 Å². The van der Waals surface area contributed by atoms with E-state index in [4.69, 9.17) is 27.4 Å². The number of imide groups is 1. The molecule has 6 nitrogen and oxygen atoms in total. The van der Waals surface area contributed by atoms with Crippen LogP contribution in [0.25, 0.3) is 0 Å². The molecule has 0 N–H and O–H groups in total. The van der Waals surface area contributed by atoms with Crippen molar-refractivity contribution in [3.8, 4) is 0 Å². The van der Waals surface area contributed by atoms with Gasteiger partial charge in [0.1, 0.15) is 0 Å². The van der Waals surface area contributed by atoms with E-state index >= 15 is 0 Å². The molecule has 0 saturated carbocycles. The minimum absolute atomic E-state index is 0.0588. The molecular formula is C17H13Cl2NO5S. The predicted octanol–water partition coefficient (Wildman–Crippen LogP) is 3.39. The van der Waals surface area contributed by atoms with Crippen LogP contribution in [-0.4, -0.2) is 38.3 Å². The first-order chi connectivity index (χ1) is 12.3. The van der Waals surface area contributed by atoms with E-state index < -0.39 is 21.9 Å². The van der Waals surface area contributed by atoms with E-state index in [-0.39, 0.29) is 34.5 Å². The largest absolute Gasteiger partial charge is 0.297 e. The summed E-state index contributed by atoms with van der Waals surface area (Å²) in [7, 11) is -4.01. The number of carbonyl (C=O) groups is 2. The number of halogens is 2. The zero-order chi connectivity index (χ0) is 18.9. The van der Waals surface area contributed by atoms with Crippen molar-refractivity contribution in [3.05, 3.63) is 63.6 Å². The Labute approximate surface area is 160 Å². The number of nitrogens with zero attached hydrogens (tertiary/aromatic N) is 1. The molecule has 0 bridgehead atoms. The number of hydrogen-bond donors (Lipinski definition) is 0. The number of amides is 2. The third kappa shape index (κ3) is 3.61. The van der Waals surface area contributed by atoms with Crippen molar-refractivity contribution in [1.29, 1.82) is 0 Å². The van der Waals surface area contributed by atoms with Crippen LogP contribution < -0.4 is 0 Å². The van der Waals surface area contributed by atoms with E-state index in [0.29, 0.717) is 11.1 Å². The highest BCUT2D eigenvalue weighted by Gasteiger charge is 2.34. The van der Waals surface area contributed by atoms with Gasteiger partial charge in [0.15, 0.2) is 0 Å².